The van der Waals surface area contributed by atoms with Crippen LogP contribution < -0.4 is 5.56 Å². The van der Waals surface area contributed by atoms with Gasteiger partial charge in [-0.15, -0.1) is 11.6 Å². The lowest BCUT2D eigenvalue weighted by Gasteiger charge is -2.31. The Labute approximate surface area is 191 Å². The maximum Gasteiger partial charge on any atom is 0.343 e. The van der Waals surface area contributed by atoms with Crippen LogP contribution in [-0.4, -0.2) is 26.5 Å². The van der Waals surface area contributed by atoms with Gasteiger partial charge in [0.15, 0.2) is 5.60 Å². The molecule has 2 aliphatic rings. The van der Waals surface area contributed by atoms with Crippen LogP contribution in [0.3, 0.4) is 0 Å². The lowest BCUT2D eigenvalue weighted by Crippen LogP contribution is -2.44. The van der Waals surface area contributed by atoms with E-state index < -0.39 is 11.6 Å². The number of benzene rings is 1. The summed E-state index contributed by atoms with van der Waals surface area (Å²) in [4.78, 5) is 29.9. The van der Waals surface area contributed by atoms with Crippen LogP contribution >= 0.6 is 11.6 Å². The van der Waals surface area contributed by atoms with Crippen LogP contribution in [0, 0.1) is 0 Å². The molecule has 6 nitrogen and oxygen atoms in total. The number of halogens is 1. The number of cyclic esters (lactones) is 1. The van der Waals surface area contributed by atoms with Crippen molar-refractivity contribution in [1.29, 1.82) is 0 Å². The zero-order valence-corrected chi connectivity index (χ0v) is 19.1. The van der Waals surface area contributed by atoms with E-state index in [0.29, 0.717) is 23.4 Å². The predicted molar refractivity (Wildman–Crippen MR) is 125 cm³/mol. The number of carbonyl (C=O) groups excluding carboxylic acids is 1. The van der Waals surface area contributed by atoms with E-state index in [1.54, 1.807) is 17.6 Å². The Morgan fingerprint density at radius 2 is 1.97 bits per heavy atom. The number of para-hydroxylation sites is 1. The van der Waals surface area contributed by atoms with E-state index in [1.165, 1.54) is 19.3 Å². The molecule has 1 aromatic carbocycles. The number of hydrogen-bond donors (Lipinski definition) is 1. The summed E-state index contributed by atoms with van der Waals surface area (Å²) in [5, 5.41) is 11.8. The number of alkyl halides is 1. The fourth-order valence-corrected chi connectivity index (χ4v) is 4.46. The monoisotopic (exact) mass is 454 g/mol. The van der Waals surface area contributed by atoms with Crippen LogP contribution in [0.2, 0.25) is 0 Å². The van der Waals surface area contributed by atoms with Crippen molar-refractivity contribution in [2.24, 2.45) is 0 Å². The first-order chi connectivity index (χ1) is 15.4. The van der Waals surface area contributed by atoms with Crippen LogP contribution in [0.15, 0.2) is 41.2 Å². The minimum atomic E-state index is -1.79. The number of aliphatic hydroxyl groups is 1. The molecule has 0 spiro atoms. The molecule has 0 radical (unpaired) electrons. The standard InChI is InChI=1S/C20H16N2O4.C5H11Cl/c1-2-20(25)14-8-16-17-12(7-11-5-3-4-6-15(11)21-17)9-22(16)18(23)13(14)10-26-19(20)24;1-2-3-4-5-6/h3-8,25H,2,9-10H2,1H3;2-5H2,1H3/t20-;/m0./s1. The molecule has 0 unspecified atom stereocenters. The Balaban J connectivity index is 0.000000363. The molecule has 0 aliphatic carbocycles. The van der Waals surface area contributed by atoms with Crippen LogP contribution in [0.25, 0.3) is 22.3 Å². The van der Waals surface area contributed by atoms with Crippen LogP contribution in [0.5, 0.6) is 0 Å². The zero-order valence-electron chi connectivity index (χ0n) is 18.4. The molecule has 0 saturated carbocycles. The topological polar surface area (TPSA) is 81.4 Å². The Bertz CT molecular complexity index is 1230. The fourth-order valence-electron chi connectivity index (χ4n) is 4.27. The molecule has 0 amide bonds. The maximum atomic E-state index is 13.0. The molecule has 7 heteroatoms. The van der Waals surface area contributed by atoms with Gasteiger partial charge in [0.2, 0.25) is 0 Å². The Morgan fingerprint density at radius 1 is 1.19 bits per heavy atom. The fraction of sp³-hybridized carbons (Fsp3) is 0.400. The van der Waals surface area contributed by atoms with Crippen molar-refractivity contribution < 1.29 is 14.6 Å². The summed E-state index contributed by atoms with van der Waals surface area (Å²) in [6.45, 7) is 4.18. The smallest absolute Gasteiger partial charge is 0.343 e. The number of unbranched alkanes of at least 4 members (excludes halogenated alkanes) is 2. The van der Waals surface area contributed by atoms with Gasteiger partial charge >= 0.3 is 5.97 Å². The highest BCUT2D eigenvalue weighted by Crippen LogP contribution is 2.38. The van der Waals surface area contributed by atoms with Gasteiger partial charge in [-0.1, -0.05) is 44.9 Å². The van der Waals surface area contributed by atoms with Gasteiger partial charge in [-0.05, 0) is 31.0 Å². The van der Waals surface area contributed by atoms with E-state index >= 15 is 0 Å². The second-order valence-corrected chi connectivity index (χ2v) is 8.57. The van der Waals surface area contributed by atoms with E-state index in [4.69, 9.17) is 21.3 Å². The lowest BCUT2D eigenvalue weighted by molar-refractivity contribution is -0.172. The molecule has 0 bridgehead atoms. The first kappa shape index (κ1) is 22.5. The van der Waals surface area contributed by atoms with Crippen molar-refractivity contribution in [3.05, 3.63) is 63.4 Å². The van der Waals surface area contributed by atoms with Gasteiger partial charge in [0.05, 0.1) is 29.0 Å². The lowest BCUT2D eigenvalue weighted by atomic mass is 9.86. The SMILES string of the molecule is CCCCCCl.CC[C@@]1(O)C(=O)OCc2c1cc1n(c2=O)Cc2cc3ccccc3nc2-1. The molecule has 1 N–H and O–H groups in total. The highest BCUT2D eigenvalue weighted by atomic mass is 35.5. The molecule has 32 heavy (non-hydrogen) atoms. The number of ether oxygens (including phenoxy) is 1. The van der Waals surface area contributed by atoms with Crippen molar-refractivity contribution in [3.63, 3.8) is 0 Å². The van der Waals surface area contributed by atoms with Crippen LogP contribution in [-0.2, 0) is 28.3 Å². The molecular weight excluding hydrogens is 428 g/mol. The first-order valence-corrected chi connectivity index (χ1v) is 11.6. The third-order valence-electron chi connectivity index (χ3n) is 6.15. The minimum absolute atomic E-state index is 0.110. The number of esters is 1. The molecule has 2 aromatic heterocycles. The number of rotatable bonds is 4. The highest BCUT2D eigenvalue weighted by molar-refractivity contribution is 6.17. The van der Waals surface area contributed by atoms with E-state index in [9.17, 15) is 14.7 Å². The Hall–Kier alpha value is -2.70. The quantitative estimate of drug-likeness (QED) is 0.279. The van der Waals surface area contributed by atoms with Gasteiger partial charge in [-0.25, -0.2) is 9.78 Å². The van der Waals surface area contributed by atoms with Gasteiger partial charge in [-0.3, -0.25) is 4.79 Å². The van der Waals surface area contributed by atoms with E-state index in [2.05, 4.69) is 6.92 Å². The Morgan fingerprint density at radius 3 is 2.66 bits per heavy atom. The number of fused-ring (bicyclic) bond motifs is 5. The number of pyridine rings is 2. The van der Waals surface area contributed by atoms with E-state index in [-0.39, 0.29) is 18.6 Å². The predicted octanol–water partition coefficient (Wildman–Crippen LogP) is 4.50. The van der Waals surface area contributed by atoms with Crippen molar-refractivity contribution in [1.82, 2.24) is 9.55 Å². The van der Waals surface area contributed by atoms with Crippen molar-refractivity contribution in [2.45, 2.75) is 58.3 Å². The average molecular weight is 455 g/mol. The molecule has 0 fully saturated rings. The molecule has 3 aromatic rings. The van der Waals surface area contributed by atoms with Gasteiger partial charge in [0.25, 0.3) is 5.56 Å². The summed E-state index contributed by atoms with van der Waals surface area (Å²) < 4.78 is 6.72. The third-order valence-corrected chi connectivity index (χ3v) is 6.42. The molecule has 4 heterocycles. The minimum Gasteiger partial charge on any atom is -0.458 e. The first-order valence-electron chi connectivity index (χ1n) is 11.1. The van der Waals surface area contributed by atoms with Crippen LogP contribution in [0.1, 0.15) is 56.2 Å². The van der Waals surface area contributed by atoms with Gasteiger partial charge in [0.1, 0.15) is 6.61 Å². The van der Waals surface area contributed by atoms with Crippen molar-refractivity contribution in [2.75, 3.05) is 5.88 Å². The van der Waals surface area contributed by atoms with Crippen LogP contribution in [0.4, 0.5) is 0 Å². The summed E-state index contributed by atoms with van der Waals surface area (Å²) >= 11 is 5.38. The zero-order chi connectivity index (χ0) is 22.9. The van der Waals surface area contributed by atoms with E-state index in [0.717, 1.165) is 28.0 Å². The molecule has 2 aliphatic heterocycles. The summed E-state index contributed by atoms with van der Waals surface area (Å²) in [6.07, 6.45) is 3.87. The maximum absolute atomic E-state index is 13.0. The second kappa shape index (κ2) is 9.04. The number of hydrogen-bond acceptors (Lipinski definition) is 5. The summed E-state index contributed by atoms with van der Waals surface area (Å²) in [6, 6.07) is 11.6. The van der Waals surface area contributed by atoms with Gasteiger partial charge in [0, 0.05) is 22.4 Å². The number of carbonyl (C=O) groups is 1. The third kappa shape index (κ3) is 3.71. The number of nitrogens with zero attached hydrogens (tertiary/aromatic N) is 2. The molecular formula is C25H27ClN2O4. The normalized spacial score (nSPS) is 18.3. The second-order valence-electron chi connectivity index (χ2n) is 8.19. The highest BCUT2D eigenvalue weighted by Gasteiger charge is 2.45. The summed E-state index contributed by atoms with van der Waals surface area (Å²) in [5.41, 5.74) is 1.81. The van der Waals surface area contributed by atoms with Crippen molar-refractivity contribution >= 4 is 28.5 Å². The number of aromatic nitrogens is 2. The summed E-state index contributed by atoms with van der Waals surface area (Å²) in [7, 11) is 0. The van der Waals surface area contributed by atoms with E-state index in [1.807, 2.05) is 30.3 Å². The van der Waals surface area contributed by atoms with Gasteiger partial charge in [-0.2, -0.15) is 0 Å². The molecule has 1 atom stereocenters. The van der Waals surface area contributed by atoms with Crippen molar-refractivity contribution in [3.8, 4) is 11.4 Å². The average Bonchev–Trinajstić information content (AvgIpc) is 3.17. The van der Waals surface area contributed by atoms with Gasteiger partial charge < -0.3 is 14.4 Å². The molecule has 168 valence electrons. The Kier molecular flexibility index (Phi) is 6.35. The molecule has 5 rings (SSSR count). The molecule has 0 saturated heterocycles. The summed E-state index contributed by atoms with van der Waals surface area (Å²) in [5.74, 6) is 0.120. The largest absolute Gasteiger partial charge is 0.458 e.